The highest BCUT2D eigenvalue weighted by molar-refractivity contribution is 5.95. The highest BCUT2D eigenvalue weighted by Crippen LogP contribution is 2.30. The second-order valence-corrected chi connectivity index (χ2v) is 5.64. The molecular weight excluding hydrogens is 236 g/mol. The number of rotatable bonds is 3. The highest BCUT2D eigenvalue weighted by Gasteiger charge is 2.28. The maximum Gasteiger partial charge on any atom is 0.229 e. The van der Waals surface area contributed by atoms with E-state index in [2.05, 4.69) is 0 Å². The number of benzene rings is 1. The van der Waals surface area contributed by atoms with Crippen LogP contribution in [0.15, 0.2) is 24.3 Å². The maximum absolute atomic E-state index is 12.5. The number of nitrogens with two attached hydrogens (primary N) is 1. The largest absolute Gasteiger partial charge is 0.330 e. The molecule has 0 saturated heterocycles. The summed E-state index contributed by atoms with van der Waals surface area (Å²) in [5.74, 6) is 1.05. The lowest BCUT2D eigenvalue weighted by atomic mass is 9.81. The lowest BCUT2D eigenvalue weighted by Gasteiger charge is -2.30. The van der Waals surface area contributed by atoms with Gasteiger partial charge in [-0.15, -0.1) is 0 Å². The van der Waals surface area contributed by atoms with Crippen molar-refractivity contribution in [2.75, 3.05) is 18.5 Å². The van der Waals surface area contributed by atoms with E-state index in [9.17, 15) is 4.79 Å². The summed E-state index contributed by atoms with van der Waals surface area (Å²) in [6, 6.07) is 8.05. The van der Waals surface area contributed by atoms with Crippen LogP contribution in [0.2, 0.25) is 0 Å². The molecule has 0 spiro atoms. The topological polar surface area (TPSA) is 46.3 Å². The molecule has 104 valence electrons. The van der Waals surface area contributed by atoms with Crippen molar-refractivity contribution < 1.29 is 4.79 Å². The number of nitrogens with zero attached hydrogens (tertiary/aromatic N) is 1. The van der Waals surface area contributed by atoms with Gasteiger partial charge in [-0.25, -0.2) is 0 Å². The van der Waals surface area contributed by atoms with Crippen molar-refractivity contribution in [3.05, 3.63) is 29.8 Å². The first-order valence-corrected chi connectivity index (χ1v) is 7.16. The summed E-state index contributed by atoms with van der Waals surface area (Å²) >= 11 is 0. The molecule has 1 fully saturated rings. The molecule has 0 atom stereocenters. The van der Waals surface area contributed by atoms with Crippen molar-refractivity contribution in [2.45, 2.75) is 32.6 Å². The smallest absolute Gasteiger partial charge is 0.229 e. The molecular formula is C16H24N2O. The second-order valence-electron chi connectivity index (χ2n) is 5.64. The van der Waals surface area contributed by atoms with Crippen LogP contribution >= 0.6 is 0 Å². The van der Waals surface area contributed by atoms with Crippen LogP contribution < -0.4 is 10.6 Å². The van der Waals surface area contributed by atoms with Crippen LogP contribution in [0.1, 0.15) is 31.2 Å². The van der Waals surface area contributed by atoms with E-state index in [0.29, 0.717) is 5.92 Å². The number of amides is 1. The number of carbonyl (C=O) groups is 1. The van der Waals surface area contributed by atoms with Crippen LogP contribution in [0.25, 0.3) is 0 Å². The lowest BCUT2D eigenvalue weighted by molar-refractivity contribution is -0.123. The number of para-hydroxylation sites is 1. The van der Waals surface area contributed by atoms with Gasteiger partial charge in [-0.05, 0) is 56.7 Å². The Labute approximate surface area is 115 Å². The van der Waals surface area contributed by atoms with Gasteiger partial charge in [-0.1, -0.05) is 18.2 Å². The molecule has 1 saturated carbocycles. The molecule has 3 heteroatoms. The molecule has 0 aliphatic heterocycles. The Balaban J connectivity index is 2.02. The summed E-state index contributed by atoms with van der Waals surface area (Å²) in [6.07, 6.45) is 4.15. The van der Waals surface area contributed by atoms with E-state index in [4.69, 9.17) is 5.73 Å². The Bertz CT molecular complexity index is 436. The van der Waals surface area contributed by atoms with Crippen LogP contribution in [0, 0.1) is 18.8 Å². The predicted octanol–water partition coefficient (Wildman–Crippen LogP) is 2.72. The van der Waals surface area contributed by atoms with Gasteiger partial charge in [-0.3, -0.25) is 4.79 Å². The zero-order chi connectivity index (χ0) is 13.8. The molecule has 1 aliphatic carbocycles. The van der Waals surface area contributed by atoms with Gasteiger partial charge in [0.1, 0.15) is 0 Å². The lowest BCUT2D eigenvalue weighted by Crippen LogP contribution is -2.36. The minimum atomic E-state index is 0.174. The van der Waals surface area contributed by atoms with Crippen molar-refractivity contribution in [2.24, 2.45) is 17.6 Å². The highest BCUT2D eigenvalue weighted by atomic mass is 16.2. The van der Waals surface area contributed by atoms with Crippen molar-refractivity contribution >= 4 is 11.6 Å². The van der Waals surface area contributed by atoms with Gasteiger partial charge >= 0.3 is 0 Å². The molecule has 2 N–H and O–H groups in total. The fourth-order valence-corrected chi connectivity index (χ4v) is 2.98. The molecule has 1 amide bonds. The molecule has 1 aromatic carbocycles. The molecule has 1 aromatic rings. The summed E-state index contributed by atoms with van der Waals surface area (Å²) in [7, 11) is 1.89. The van der Waals surface area contributed by atoms with Gasteiger partial charge in [-0.2, -0.15) is 0 Å². The first-order chi connectivity index (χ1) is 9.13. The predicted molar refractivity (Wildman–Crippen MR) is 79.1 cm³/mol. The SMILES string of the molecule is Cc1ccccc1N(C)C(=O)C1CCC(CN)CC1. The van der Waals surface area contributed by atoms with Crippen molar-refractivity contribution in [3.8, 4) is 0 Å². The van der Waals surface area contributed by atoms with Gasteiger partial charge in [0.15, 0.2) is 0 Å². The number of hydrogen-bond acceptors (Lipinski definition) is 2. The summed E-state index contributed by atoms with van der Waals surface area (Å²) in [6.45, 7) is 2.80. The fraction of sp³-hybridized carbons (Fsp3) is 0.562. The molecule has 3 nitrogen and oxygen atoms in total. The number of hydrogen-bond donors (Lipinski definition) is 1. The Morgan fingerprint density at radius 2 is 1.89 bits per heavy atom. The van der Waals surface area contributed by atoms with Gasteiger partial charge in [0, 0.05) is 18.7 Å². The molecule has 0 radical (unpaired) electrons. The van der Waals surface area contributed by atoms with Crippen molar-refractivity contribution in [1.29, 1.82) is 0 Å². The summed E-state index contributed by atoms with van der Waals surface area (Å²) in [4.78, 5) is 14.4. The van der Waals surface area contributed by atoms with Gasteiger partial charge in [0.25, 0.3) is 0 Å². The number of aryl methyl sites for hydroxylation is 1. The quantitative estimate of drug-likeness (QED) is 0.908. The molecule has 0 bridgehead atoms. The molecule has 19 heavy (non-hydrogen) atoms. The minimum Gasteiger partial charge on any atom is -0.330 e. The van der Waals surface area contributed by atoms with Crippen molar-refractivity contribution in [1.82, 2.24) is 0 Å². The summed E-state index contributed by atoms with van der Waals surface area (Å²) in [5, 5.41) is 0. The molecule has 1 aliphatic rings. The van der Waals surface area contributed by atoms with E-state index in [1.807, 2.05) is 43.1 Å². The van der Waals surface area contributed by atoms with E-state index in [1.165, 1.54) is 0 Å². The Morgan fingerprint density at radius 3 is 2.47 bits per heavy atom. The maximum atomic E-state index is 12.5. The van der Waals surface area contributed by atoms with E-state index in [1.54, 1.807) is 0 Å². The van der Waals surface area contributed by atoms with E-state index >= 15 is 0 Å². The standard InChI is InChI=1S/C16H24N2O/c1-12-5-3-4-6-15(12)18(2)16(19)14-9-7-13(11-17)8-10-14/h3-6,13-14H,7-11,17H2,1-2H3. The zero-order valence-electron chi connectivity index (χ0n) is 11.9. The average Bonchev–Trinajstić information content (AvgIpc) is 2.46. The third kappa shape index (κ3) is 3.16. The van der Waals surface area contributed by atoms with E-state index in [0.717, 1.165) is 43.5 Å². The Morgan fingerprint density at radius 1 is 1.26 bits per heavy atom. The molecule has 0 aromatic heterocycles. The number of carbonyl (C=O) groups excluding carboxylic acids is 1. The van der Waals surface area contributed by atoms with Crippen LogP contribution in [-0.4, -0.2) is 19.5 Å². The van der Waals surface area contributed by atoms with Crippen LogP contribution in [-0.2, 0) is 4.79 Å². The third-order valence-electron chi connectivity index (χ3n) is 4.34. The third-order valence-corrected chi connectivity index (χ3v) is 4.34. The van der Waals surface area contributed by atoms with Crippen LogP contribution in [0.4, 0.5) is 5.69 Å². The van der Waals surface area contributed by atoms with Crippen LogP contribution in [0.5, 0.6) is 0 Å². The molecule has 0 heterocycles. The number of anilines is 1. The monoisotopic (exact) mass is 260 g/mol. The normalized spacial score (nSPS) is 23.1. The van der Waals surface area contributed by atoms with Crippen LogP contribution in [0.3, 0.4) is 0 Å². The molecule has 0 unspecified atom stereocenters. The molecule has 2 rings (SSSR count). The van der Waals surface area contributed by atoms with Gasteiger partial charge in [0.2, 0.25) is 5.91 Å². The zero-order valence-corrected chi connectivity index (χ0v) is 11.9. The first kappa shape index (κ1) is 14.1. The van der Waals surface area contributed by atoms with E-state index < -0.39 is 0 Å². The fourth-order valence-electron chi connectivity index (χ4n) is 2.98. The minimum absolute atomic E-state index is 0.174. The Hall–Kier alpha value is -1.35. The second kappa shape index (κ2) is 6.20. The van der Waals surface area contributed by atoms with Gasteiger partial charge < -0.3 is 10.6 Å². The van der Waals surface area contributed by atoms with Crippen molar-refractivity contribution in [3.63, 3.8) is 0 Å². The Kier molecular flexibility index (Phi) is 4.59. The average molecular weight is 260 g/mol. The summed E-state index contributed by atoms with van der Waals surface area (Å²) in [5.41, 5.74) is 7.87. The van der Waals surface area contributed by atoms with E-state index in [-0.39, 0.29) is 11.8 Å². The van der Waals surface area contributed by atoms with Gasteiger partial charge in [0.05, 0.1) is 0 Å². The first-order valence-electron chi connectivity index (χ1n) is 7.16. The summed E-state index contributed by atoms with van der Waals surface area (Å²) < 4.78 is 0.